The zero-order chi connectivity index (χ0) is 20.1. The van der Waals surface area contributed by atoms with Crippen molar-refractivity contribution in [2.24, 2.45) is 5.92 Å². The van der Waals surface area contributed by atoms with Crippen molar-refractivity contribution in [3.8, 4) is 0 Å². The molecular weight excluding hydrogens is 351 g/mol. The van der Waals surface area contributed by atoms with Crippen LogP contribution in [-0.4, -0.2) is 54.5 Å². The molecule has 7 heteroatoms. The van der Waals surface area contributed by atoms with Crippen molar-refractivity contribution in [1.29, 1.82) is 0 Å². The fraction of sp³-hybridized carbons (Fsp3) is 0.600. The molecular formula is C20H29FN2O4. The first kappa shape index (κ1) is 21.2. The maximum atomic E-state index is 15.6. The van der Waals surface area contributed by atoms with Crippen molar-refractivity contribution in [1.82, 2.24) is 10.2 Å². The fourth-order valence-corrected chi connectivity index (χ4v) is 3.17. The Bertz CT molecular complexity index is 647. The van der Waals surface area contributed by atoms with Gasteiger partial charge in [0, 0.05) is 32.1 Å². The minimum atomic E-state index is -2.17. The molecule has 150 valence electrons. The molecule has 0 aliphatic carbocycles. The third-order valence-corrected chi connectivity index (χ3v) is 4.33. The monoisotopic (exact) mass is 380 g/mol. The summed E-state index contributed by atoms with van der Waals surface area (Å²) in [7, 11) is 0. The van der Waals surface area contributed by atoms with E-state index in [1.165, 1.54) is 0 Å². The second-order valence-corrected chi connectivity index (χ2v) is 7.82. The Labute approximate surface area is 160 Å². The number of nitrogens with zero attached hydrogens (tertiary/aromatic N) is 1. The zero-order valence-electron chi connectivity index (χ0n) is 16.5. The number of alkyl halides is 1. The smallest absolute Gasteiger partial charge is 0.407 e. The average molecular weight is 380 g/mol. The van der Waals surface area contributed by atoms with Gasteiger partial charge in [0.15, 0.2) is 0 Å². The molecule has 1 amide bonds. The highest BCUT2D eigenvalue weighted by atomic mass is 19.1. The van der Waals surface area contributed by atoms with Crippen LogP contribution < -0.4 is 5.32 Å². The molecule has 1 heterocycles. The molecule has 0 spiro atoms. The average Bonchev–Trinajstić information content (AvgIpc) is 2.89. The van der Waals surface area contributed by atoms with Crippen LogP contribution in [0.3, 0.4) is 0 Å². The van der Waals surface area contributed by atoms with Gasteiger partial charge in [0.2, 0.25) is 5.67 Å². The third-order valence-electron chi connectivity index (χ3n) is 4.33. The van der Waals surface area contributed by atoms with E-state index in [1.807, 2.05) is 35.2 Å². The molecule has 0 saturated carbocycles. The maximum Gasteiger partial charge on any atom is 0.407 e. The summed E-state index contributed by atoms with van der Waals surface area (Å²) in [5.41, 5.74) is -1.78. The quantitative estimate of drug-likeness (QED) is 0.769. The minimum absolute atomic E-state index is 0.00445. The van der Waals surface area contributed by atoms with Crippen LogP contribution in [0.5, 0.6) is 0 Å². The number of hydrogen-bond acceptors (Lipinski definition) is 5. The van der Waals surface area contributed by atoms with Gasteiger partial charge in [-0.2, -0.15) is 0 Å². The number of likely N-dealkylation sites (tertiary alicyclic amines) is 1. The Morgan fingerprint density at radius 3 is 2.56 bits per heavy atom. The normalized spacial score (nSPS) is 23.1. The van der Waals surface area contributed by atoms with Gasteiger partial charge in [0.1, 0.15) is 5.60 Å². The van der Waals surface area contributed by atoms with E-state index in [0.717, 1.165) is 5.56 Å². The van der Waals surface area contributed by atoms with Crippen LogP contribution in [0.4, 0.5) is 9.18 Å². The third kappa shape index (κ3) is 5.92. The van der Waals surface area contributed by atoms with Gasteiger partial charge >= 0.3 is 12.1 Å². The van der Waals surface area contributed by atoms with E-state index < -0.39 is 29.3 Å². The number of amides is 1. The second-order valence-electron chi connectivity index (χ2n) is 7.82. The first-order chi connectivity index (χ1) is 12.6. The second kappa shape index (κ2) is 8.69. The van der Waals surface area contributed by atoms with Crippen molar-refractivity contribution in [2.75, 3.05) is 26.2 Å². The number of esters is 1. The number of carbonyl (C=O) groups is 2. The van der Waals surface area contributed by atoms with Gasteiger partial charge in [-0.15, -0.1) is 0 Å². The van der Waals surface area contributed by atoms with Gasteiger partial charge < -0.3 is 14.8 Å². The van der Waals surface area contributed by atoms with Gasteiger partial charge in [-0.05, 0) is 33.3 Å². The topological polar surface area (TPSA) is 67.9 Å². The lowest BCUT2D eigenvalue weighted by atomic mass is 9.92. The largest absolute Gasteiger partial charge is 0.464 e. The number of alkyl carbamates (subject to hydrolysis) is 1. The van der Waals surface area contributed by atoms with Crippen LogP contribution in [0.15, 0.2) is 30.3 Å². The molecule has 1 aromatic carbocycles. The van der Waals surface area contributed by atoms with Crippen LogP contribution >= 0.6 is 0 Å². The lowest BCUT2D eigenvalue weighted by Crippen LogP contribution is -2.48. The van der Waals surface area contributed by atoms with Crippen molar-refractivity contribution < 1.29 is 23.5 Å². The van der Waals surface area contributed by atoms with Crippen LogP contribution in [0.1, 0.15) is 33.3 Å². The summed E-state index contributed by atoms with van der Waals surface area (Å²) in [5.74, 6) is -1.59. The molecule has 1 saturated heterocycles. The zero-order valence-corrected chi connectivity index (χ0v) is 16.5. The number of carbonyl (C=O) groups excluding carboxylic acids is 2. The van der Waals surface area contributed by atoms with Crippen molar-refractivity contribution in [3.05, 3.63) is 35.9 Å². The van der Waals surface area contributed by atoms with E-state index in [-0.39, 0.29) is 19.7 Å². The van der Waals surface area contributed by atoms with Crippen LogP contribution in [0.25, 0.3) is 0 Å². The molecule has 0 unspecified atom stereocenters. The van der Waals surface area contributed by atoms with E-state index in [1.54, 1.807) is 27.7 Å². The summed E-state index contributed by atoms with van der Waals surface area (Å²) in [6, 6.07) is 9.66. The molecule has 2 rings (SSSR count). The first-order valence-corrected chi connectivity index (χ1v) is 9.23. The number of hydrogen-bond donors (Lipinski definition) is 1. The van der Waals surface area contributed by atoms with Gasteiger partial charge in [-0.25, -0.2) is 14.0 Å². The van der Waals surface area contributed by atoms with Crippen LogP contribution in [-0.2, 0) is 20.8 Å². The summed E-state index contributed by atoms with van der Waals surface area (Å²) in [5, 5.41) is 2.58. The predicted molar refractivity (Wildman–Crippen MR) is 99.9 cm³/mol. The number of nitrogens with one attached hydrogen (secondary N) is 1. The van der Waals surface area contributed by atoms with E-state index in [0.29, 0.717) is 13.1 Å². The Hall–Kier alpha value is -2.15. The molecule has 0 radical (unpaired) electrons. The Balaban J connectivity index is 2.06. The highest BCUT2D eigenvalue weighted by Gasteiger charge is 2.54. The van der Waals surface area contributed by atoms with E-state index in [4.69, 9.17) is 9.47 Å². The molecule has 27 heavy (non-hydrogen) atoms. The standard InChI is InChI=1S/C20H29FN2O4/c1-5-26-17(24)20(21)14-23(12-15-9-7-6-8-10-15)13-16(20)11-22-18(25)27-19(2,3)4/h6-10,16H,5,11-14H2,1-4H3,(H,22,25)/t16-,20-/m1/s1. The van der Waals surface area contributed by atoms with Crippen molar-refractivity contribution >= 4 is 12.1 Å². The first-order valence-electron chi connectivity index (χ1n) is 9.23. The molecule has 6 nitrogen and oxygen atoms in total. The highest BCUT2D eigenvalue weighted by Crippen LogP contribution is 2.33. The summed E-state index contributed by atoms with van der Waals surface area (Å²) < 4.78 is 25.7. The SMILES string of the molecule is CCOC(=O)[C@@]1(F)CN(Cc2ccccc2)C[C@H]1CNC(=O)OC(C)(C)C. The molecule has 1 N–H and O–H groups in total. The lowest BCUT2D eigenvalue weighted by Gasteiger charge is -2.25. The number of ether oxygens (including phenoxy) is 2. The van der Waals surface area contributed by atoms with Gasteiger partial charge in [0.25, 0.3) is 0 Å². The van der Waals surface area contributed by atoms with Crippen molar-refractivity contribution in [2.45, 2.75) is 45.5 Å². The Morgan fingerprint density at radius 2 is 1.96 bits per heavy atom. The fourth-order valence-electron chi connectivity index (χ4n) is 3.17. The summed E-state index contributed by atoms with van der Waals surface area (Å²) >= 11 is 0. The molecule has 0 bridgehead atoms. The predicted octanol–water partition coefficient (Wildman–Crippen LogP) is 2.91. The molecule has 2 atom stereocenters. The van der Waals surface area contributed by atoms with E-state index >= 15 is 4.39 Å². The Kier molecular flexibility index (Phi) is 6.81. The highest BCUT2D eigenvalue weighted by molar-refractivity contribution is 5.81. The molecule has 1 aromatic rings. The molecule has 1 aliphatic rings. The van der Waals surface area contributed by atoms with Gasteiger partial charge in [-0.1, -0.05) is 30.3 Å². The van der Waals surface area contributed by atoms with Gasteiger partial charge in [0.05, 0.1) is 6.61 Å². The Morgan fingerprint density at radius 1 is 1.30 bits per heavy atom. The summed E-state index contributed by atoms with van der Waals surface area (Å²) in [4.78, 5) is 26.1. The minimum Gasteiger partial charge on any atom is -0.464 e. The molecule has 0 aromatic heterocycles. The maximum absolute atomic E-state index is 15.6. The van der Waals surface area contributed by atoms with Crippen LogP contribution in [0, 0.1) is 5.92 Å². The summed E-state index contributed by atoms with van der Waals surface area (Å²) in [6.07, 6.45) is -0.629. The molecule has 1 aliphatic heterocycles. The van der Waals surface area contributed by atoms with Gasteiger partial charge in [-0.3, -0.25) is 4.90 Å². The summed E-state index contributed by atoms with van der Waals surface area (Å²) in [6.45, 7) is 7.79. The van der Waals surface area contributed by atoms with Crippen LogP contribution in [0.2, 0.25) is 0 Å². The molecule has 1 fully saturated rings. The number of benzene rings is 1. The van der Waals surface area contributed by atoms with Crippen molar-refractivity contribution in [3.63, 3.8) is 0 Å². The number of rotatable bonds is 6. The lowest BCUT2D eigenvalue weighted by molar-refractivity contribution is -0.159. The number of halogens is 1. The van der Waals surface area contributed by atoms with E-state index in [2.05, 4.69) is 5.32 Å². The van der Waals surface area contributed by atoms with E-state index in [9.17, 15) is 9.59 Å².